The van der Waals surface area contributed by atoms with E-state index in [2.05, 4.69) is 10.6 Å². The van der Waals surface area contributed by atoms with E-state index < -0.39 is 30.8 Å². The van der Waals surface area contributed by atoms with Crippen LogP contribution >= 0.6 is 0 Å². The Balaban J connectivity index is 1.71. The molecule has 0 bridgehead atoms. The number of nitrogens with one attached hydrogen (secondary N) is 2. The maximum atomic E-state index is 13.2. The molecule has 3 nitrogen and oxygen atoms in total. The molecule has 1 aliphatic carbocycles. The van der Waals surface area contributed by atoms with Gasteiger partial charge in [-0.3, -0.25) is 10.1 Å². The van der Waals surface area contributed by atoms with Crippen LogP contribution in [0.15, 0.2) is 18.2 Å². The zero-order chi connectivity index (χ0) is 15.0. The fourth-order valence-corrected chi connectivity index (χ4v) is 3.11. The number of carbonyl (C=O) groups excluding carboxylic acids is 1. The number of hydrogen-bond acceptors (Lipinski definition) is 2. The standard InChI is InChI=1S/C15H17F3N2O/c16-10-4-5-11-9(6-10)2-1-3-12(11)20-14(21)13-7-15(17,18)8-19-13/h4-6,12-13,19H,1-3,7-8H2,(H,20,21). The Morgan fingerprint density at radius 3 is 2.90 bits per heavy atom. The molecule has 0 saturated carbocycles. The molecule has 1 heterocycles. The van der Waals surface area contributed by atoms with Crippen LogP contribution in [0.2, 0.25) is 0 Å². The molecule has 1 saturated heterocycles. The first kappa shape index (κ1) is 14.4. The first-order chi connectivity index (χ1) is 9.94. The van der Waals surface area contributed by atoms with Crippen LogP contribution in [0, 0.1) is 5.82 Å². The minimum Gasteiger partial charge on any atom is -0.348 e. The van der Waals surface area contributed by atoms with Gasteiger partial charge in [-0.25, -0.2) is 13.2 Å². The van der Waals surface area contributed by atoms with Crippen molar-refractivity contribution in [1.29, 1.82) is 0 Å². The van der Waals surface area contributed by atoms with Gasteiger partial charge in [0.1, 0.15) is 5.82 Å². The van der Waals surface area contributed by atoms with E-state index in [1.807, 2.05) is 0 Å². The van der Waals surface area contributed by atoms with E-state index in [4.69, 9.17) is 0 Å². The van der Waals surface area contributed by atoms with Crippen molar-refractivity contribution in [2.24, 2.45) is 0 Å². The van der Waals surface area contributed by atoms with Crippen LogP contribution in [0.1, 0.15) is 36.4 Å². The number of alkyl halides is 2. The molecule has 1 fully saturated rings. The largest absolute Gasteiger partial charge is 0.348 e. The van der Waals surface area contributed by atoms with E-state index in [-0.39, 0.29) is 11.9 Å². The number of hydrogen-bond donors (Lipinski definition) is 2. The second kappa shape index (κ2) is 5.33. The summed E-state index contributed by atoms with van der Waals surface area (Å²) in [6.45, 7) is -0.461. The van der Waals surface area contributed by atoms with Crippen molar-refractivity contribution in [3.63, 3.8) is 0 Å². The summed E-state index contributed by atoms with van der Waals surface area (Å²) in [6, 6.07) is 3.44. The zero-order valence-electron chi connectivity index (χ0n) is 11.5. The van der Waals surface area contributed by atoms with Crippen molar-refractivity contribution in [2.45, 2.75) is 43.7 Å². The summed E-state index contributed by atoms with van der Waals surface area (Å²) < 4.78 is 39.5. The fraction of sp³-hybridized carbons (Fsp3) is 0.533. The second-order valence-electron chi connectivity index (χ2n) is 5.79. The van der Waals surface area contributed by atoms with Crippen molar-refractivity contribution in [3.05, 3.63) is 35.1 Å². The number of halogens is 3. The Morgan fingerprint density at radius 2 is 2.19 bits per heavy atom. The average Bonchev–Trinajstić information content (AvgIpc) is 2.79. The highest BCUT2D eigenvalue weighted by Gasteiger charge is 2.42. The molecule has 6 heteroatoms. The highest BCUT2D eigenvalue weighted by atomic mass is 19.3. The van der Waals surface area contributed by atoms with Gasteiger partial charge in [0.25, 0.3) is 5.92 Å². The summed E-state index contributed by atoms with van der Waals surface area (Å²) in [4.78, 5) is 12.1. The van der Waals surface area contributed by atoms with Gasteiger partial charge in [0.2, 0.25) is 5.91 Å². The third-order valence-electron chi connectivity index (χ3n) is 4.16. The maximum absolute atomic E-state index is 13.2. The Kier molecular flexibility index (Phi) is 3.65. The molecule has 1 amide bonds. The Hall–Kier alpha value is -1.56. The van der Waals surface area contributed by atoms with Gasteiger partial charge < -0.3 is 5.32 Å². The number of amides is 1. The van der Waals surface area contributed by atoms with Crippen LogP contribution in [-0.2, 0) is 11.2 Å². The smallest absolute Gasteiger partial charge is 0.262 e. The SMILES string of the molecule is O=C(NC1CCCc2cc(F)ccc21)C1CC(F)(F)CN1. The van der Waals surface area contributed by atoms with Gasteiger partial charge in [-0.1, -0.05) is 6.07 Å². The molecule has 0 spiro atoms. The third-order valence-corrected chi connectivity index (χ3v) is 4.16. The van der Waals surface area contributed by atoms with Gasteiger partial charge >= 0.3 is 0 Å². The molecule has 0 radical (unpaired) electrons. The van der Waals surface area contributed by atoms with Crippen LogP contribution in [-0.4, -0.2) is 24.4 Å². The molecule has 2 unspecified atom stereocenters. The lowest BCUT2D eigenvalue weighted by Gasteiger charge is -2.27. The molecule has 1 aromatic carbocycles. The van der Waals surface area contributed by atoms with Gasteiger partial charge in [0.05, 0.1) is 18.6 Å². The number of carbonyl (C=O) groups is 1. The lowest BCUT2D eigenvalue weighted by Crippen LogP contribution is -2.42. The van der Waals surface area contributed by atoms with Crippen molar-refractivity contribution in [1.82, 2.24) is 10.6 Å². The summed E-state index contributed by atoms with van der Waals surface area (Å²) in [7, 11) is 0. The zero-order valence-corrected chi connectivity index (χ0v) is 11.5. The van der Waals surface area contributed by atoms with Crippen LogP contribution in [0.4, 0.5) is 13.2 Å². The summed E-state index contributed by atoms with van der Waals surface area (Å²) in [6.07, 6.45) is 1.89. The number of fused-ring (bicyclic) bond motifs is 1. The van der Waals surface area contributed by atoms with Gasteiger partial charge in [-0.2, -0.15) is 0 Å². The molecular weight excluding hydrogens is 281 g/mol. The van der Waals surface area contributed by atoms with Gasteiger partial charge in [-0.05, 0) is 42.5 Å². The Morgan fingerprint density at radius 1 is 1.38 bits per heavy atom. The Bertz CT molecular complexity index is 562. The van der Waals surface area contributed by atoms with Crippen LogP contribution < -0.4 is 10.6 Å². The maximum Gasteiger partial charge on any atom is 0.262 e. The molecular formula is C15H17F3N2O. The highest BCUT2D eigenvalue weighted by molar-refractivity contribution is 5.82. The van der Waals surface area contributed by atoms with Crippen LogP contribution in [0.5, 0.6) is 0 Å². The molecule has 1 aromatic rings. The molecule has 2 atom stereocenters. The summed E-state index contributed by atoms with van der Waals surface area (Å²) in [5.41, 5.74) is 1.78. The number of rotatable bonds is 2. The number of benzene rings is 1. The van der Waals surface area contributed by atoms with E-state index in [0.29, 0.717) is 0 Å². The molecule has 3 rings (SSSR count). The first-order valence-electron chi connectivity index (χ1n) is 7.14. The number of aryl methyl sites for hydroxylation is 1. The predicted molar refractivity (Wildman–Crippen MR) is 71.6 cm³/mol. The minimum atomic E-state index is -2.82. The quantitative estimate of drug-likeness (QED) is 0.880. The van der Waals surface area contributed by atoms with Crippen molar-refractivity contribution in [2.75, 3.05) is 6.54 Å². The molecule has 2 N–H and O–H groups in total. The normalized spacial score (nSPS) is 27.2. The van der Waals surface area contributed by atoms with Gasteiger partial charge in [0.15, 0.2) is 0 Å². The van der Waals surface area contributed by atoms with Gasteiger partial charge in [0, 0.05) is 6.42 Å². The second-order valence-corrected chi connectivity index (χ2v) is 5.79. The highest BCUT2D eigenvalue weighted by Crippen LogP contribution is 2.31. The average molecular weight is 298 g/mol. The molecule has 21 heavy (non-hydrogen) atoms. The van der Waals surface area contributed by atoms with E-state index in [0.717, 1.165) is 30.4 Å². The summed E-state index contributed by atoms with van der Waals surface area (Å²) in [5, 5.41) is 5.36. The fourth-order valence-electron chi connectivity index (χ4n) is 3.11. The minimum absolute atomic E-state index is 0.224. The summed E-state index contributed by atoms with van der Waals surface area (Å²) in [5.74, 6) is -3.53. The molecule has 2 aliphatic rings. The molecule has 0 aromatic heterocycles. The summed E-state index contributed by atoms with van der Waals surface area (Å²) >= 11 is 0. The topological polar surface area (TPSA) is 41.1 Å². The van der Waals surface area contributed by atoms with E-state index >= 15 is 0 Å². The third kappa shape index (κ3) is 3.05. The van der Waals surface area contributed by atoms with Gasteiger partial charge in [-0.15, -0.1) is 0 Å². The first-order valence-corrected chi connectivity index (χ1v) is 7.14. The van der Waals surface area contributed by atoms with Crippen molar-refractivity contribution >= 4 is 5.91 Å². The van der Waals surface area contributed by atoms with Crippen molar-refractivity contribution in [3.8, 4) is 0 Å². The Labute approximate surface area is 120 Å². The molecule has 114 valence electrons. The van der Waals surface area contributed by atoms with Crippen LogP contribution in [0.25, 0.3) is 0 Å². The van der Waals surface area contributed by atoms with Crippen LogP contribution in [0.3, 0.4) is 0 Å². The van der Waals surface area contributed by atoms with Crippen molar-refractivity contribution < 1.29 is 18.0 Å². The lowest BCUT2D eigenvalue weighted by molar-refractivity contribution is -0.124. The van der Waals surface area contributed by atoms with E-state index in [9.17, 15) is 18.0 Å². The monoisotopic (exact) mass is 298 g/mol. The van der Waals surface area contributed by atoms with E-state index in [1.165, 1.54) is 12.1 Å². The lowest BCUT2D eigenvalue weighted by atomic mass is 9.87. The predicted octanol–water partition coefficient (Wildman–Crippen LogP) is 2.32. The van der Waals surface area contributed by atoms with E-state index in [1.54, 1.807) is 6.07 Å². The molecule has 1 aliphatic heterocycles.